The van der Waals surface area contributed by atoms with Gasteiger partial charge in [-0.15, -0.1) is 0 Å². The summed E-state index contributed by atoms with van der Waals surface area (Å²) in [6.45, 7) is 0.825. The molecule has 3 heteroatoms. The molecule has 0 saturated carbocycles. The number of hydrogen-bond acceptors (Lipinski definition) is 2. The highest BCUT2D eigenvalue weighted by Gasteiger charge is 2.27. The number of anilines is 1. The molecule has 1 amide bonds. The summed E-state index contributed by atoms with van der Waals surface area (Å²) in [6.07, 6.45) is 5.41. The Morgan fingerprint density at radius 2 is 2.06 bits per heavy atom. The first-order valence-electron chi connectivity index (χ1n) is 5.74. The van der Waals surface area contributed by atoms with Crippen LogP contribution in [0.5, 0.6) is 0 Å². The third-order valence-electron chi connectivity index (χ3n) is 3.13. The van der Waals surface area contributed by atoms with Gasteiger partial charge in [0.2, 0.25) is 0 Å². The van der Waals surface area contributed by atoms with E-state index in [1.54, 1.807) is 0 Å². The van der Waals surface area contributed by atoms with Crippen molar-refractivity contribution in [1.82, 2.24) is 4.90 Å². The van der Waals surface area contributed by atoms with Crippen molar-refractivity contribution in [3.8, 4) is 0 Å². The second-order valence-corrected chi connectivity index (χ2v) is 4.21. The highest BCUT2D eigenvalue weighted by atomic mass is 16.2. The van der Waals surface area contributed by atoms with Crippen molar-refractivity contribution in [3.05, 3.63) is 41.7 Å². The molecule has 0 aromatic heterocycles. The summed E-state index contributed by atoms with van der Waals surface area (Å²) in [7, 11) is 0. The third-order valence-corrected chi connectivity index (χ3v) is 3.13. The van der Waals surface area contributed by atoms with E-state index in [0.29, 0.717) is 0 Å². The molecule has 1 N–H and O–H groups in total. The average Bonchev–Trinajstić information content (AvgIpc) is 2.55. The number of nitrogens with one attached hydrogen (secondary N) is 1. The van der Waals surface area contributed by atoms with Gasteiger partial charge in [0.1, 0.15) is 5.82 Å². The van der Waals surface area contributed by atoms with E-state index >= 15 is 0 Å². The molecule has 2 heterocycles. The van der Waals surface area contributed by atoms with E-state index in [1.807, 2.05) is 29.2 Å². The van der Waals surface area contributed by atoms with Gasteiger partial charge < -0.3 is 5.32 Å². The molecule has 82 valence electrons. The van der Waals surface area contributed by atoms with Crippen molar-refractivity contribution in [3.63, 3.8) is 0 Å². The van der Waals surface area contributed by atoms with Crippen LogP contribution in [0, 0.1) is 0 Å². The van der Waals surface area contributed by atoms with Crippen LogP contribution in [0.15, 0.2) is 36.2 Å². The first-order valence-corrected chi connectivity index (χ1v) is 5.74. The van der Waals surface area contributed by atoms with Crippen molar-refractivity contribution >= 4 is 11.6 Å². The predicted octanol–water partition coefficient (Wildman–Crippen LogP) is 2.58. The first kappa shape index (κ1) is 9.46. The van der Waals surface area contributed by atoms with Gasteiger partial charge >= 0.3 is 0 Å². The van der Waals surface area contributed by atoms with E-state index in [2.05, 4.69) is 11.4 Å². The van der Waals surface area contributed by atoms with Crippen molar-refractivity contribution < 1.29 is 4.79 Å². The average molecular weight is 214 g/mol. The Bertz CT molecular complexity index is 465. The summed E-state index contributed by atoms with van der Waals surface area (Å²) in [5, 5.41) is 3.34. The van der Waals surface area contributed by atoms with Gasteiger partial charge in [-0.1, -0.05) is 12.1 Å². The molecule has 1 aromatic rings. The van der Waals surface area contributed by atoms with Crippen LogP contribution in [0.2, 0.25) is 0 Å². The number of carbonyl (C=O) groups is 1. The maximum Gasteiger partial charge on any atom is 0.261 e. The molecule has 0 unspecified atom stereocenters. The Morgan fingerprint density at radius 1 is 1.19 bits per heavy atom. The normalized spacial score (nSPS) is 19.1. The topological polar surface area (TPSA) is 32.3 Å². The molecule has 0 fully saturated rings. The molecule has 0 atom stereocenters. The minimum Gasteiger partial charge on any atom is -0.341 e. The second-order valence-electron chi connectivity index (χ2n) is 4.21. The Balaban J connectivity index is 2.07. The Morgan fingerprint density at radius 3 is 3.00 bits per heavy atom. The fraction of sp³-hybridized carbons (Fsp3) is 0.308. The van der Waals surface area contributed by atoms with Crippen LogP contribution in [0.4, 0.5) is 5.69 Å². The highest BCUT2D eigenvalue weighted by Crippen LogP contribution is 2.28. The van der Waals surface area contributed by atoms with E-state index in [9.17, 15) is 4.79 Å². The summed E-state index contributed by atoms with van der Waals surface area (Å²) < 4.78 is 0. The Hall–Kier alpha value is -1.77. The van der Waals surface area contributed by atoms with Gasteiger partial charge in [0.25, 0.3) is 5.91 Å². The summed E-state index contributed by atoms with van der Waals surface area (Å²) in [6, 6.07) is 7.69. The number of allylic oxidation sites excluding steroid dienone is 1. The number of amides is 1. The smallest absolute Gasteiger partial charge is 0.261 e. The van der Waals surface area contributed by atoms with Gasteiger partial charge in [0.05, 0.1) is 11.3 Å². The van der Waals surface area contributed by atoms with Gasteiger partial charge in [-0.25, -0.2) is 0 Å². The number of nitrogens with zero attached hydrogens (tertiary/aromatic N) is 1. The Kier molecular flexibility index (Phi) is 2.17. The van der Waals surface area contributed by atoms with Crippen molar-refractivity contribution in [2.24, 2.45) is 0 Å². The molecule has 3 rings (SSSR count). The van der Waals surface area contributed by atoms with Crippen LogP contribution in [0.25, 0.3) is 0 Å². The minimum atomic E-state index is 0.127. The SMILES string of the molecule is O=C1c2ccccc2NC2=CCCCCN12. The van der Waals surface area contributed by atoms with Gasteiger partial charge in [0, 0.05) is 6.54 Å². The maximum atomic E-state index is 12.2. The number of para-hydroxylation sites is 1. The molecule has 0 bridgehead atoms. The minimum absolute atomic E-state index is 0.127. The van der Waals surface area contributed by atoms with Crippen LogP contribution in [-0.2, 0) is 0 Å². The van der Waals surface area contributed by atoms with Crippen LogP contribution in [-0.4, -0.2) is 17.4 Å². The van der Waals surface area contributed by atoms with Crippen LogP contribution in [0.3, 0.4) is 0 Å². The lowest BCUT2D eigenvalue weighted by molar-refractivity contribution is 0.0802. The molecule has 0 radical (unpaired) electrons. The summed E-state index contributed by atoms with van der Waals surface area (Å²) in [5.74, 6) is 1.09. The summed E-state index contributed by atoms with van der Waals surface area (Å²) in [4.78, 5) is 14.1. The van der Waals surface area contributed by atoms with E-state index in [0.717, 1.165) is 42.9 Å². The lowest BCUT2D eigenvalue weighted by atomic mass is 10.1. The zero-order valence-electron chi connectivity index (χ0n) is 9.07. The monoisotopic (exact) mass is 214 g/mol. The molecule has 0 aliphatic carbocycles. The summed E-state index contributed by atoms with van der Waals surface area (Å²) in [5.41, 5.74) is 1.71. The van der Waals surface area contributed by atoms with Crippen LogP contribution in [0.1, 0.15) is 29.6 Å². The van der Waals surface area contributed by atoms with Crippen molar-refractivity contribution in [1.29, 1.82) is 0 Å². The molecule has 0 saturated heterocycles. The molecule has 16 heavy (non-hydrogen) atoms. The maximum absolute atomic E-state index is 12.2. The van der Waals surface area contributed by atoms with Gasteiger partial charge in [0.15, 0.2) is 0 Å². The molecule has 2 aliphatic rings. The number of rotatable bonds is 0. The fourth-order valence-corrected chi connectivity index (χ4v) is 2.28. The summed E-state index contributed by atoms with van der Waals surface area (Å²) >= 11 is 0. The van der Waals surface area contributed by atoms with Gasteiger partial charge in [-0.3, -0.25) is 9.69 Å². The number of benzene rings is 1. The predicted molar refractivity (Wildman–Crippen MR) is 63.0 cm³/mol. The standard InChI is InChI=1S/C13H14N2O/c16-13-10-6-3-4-7-11(10)14-12-8-2-1-5-9-15(12)13/h3-4,6-8,14H,1-2,5,9H2. The van der Waals surface area contributed by atoms with E-state index in [1.165, 1.54) is 0 Å². The molecule has 3 nitrogen and oxygen atoms in total. The van der Waals surface area contributed by atoms with Crippen LogP contribution < -0.4 is 5.32 Å². The van der Waals surface area contributed by atoms with E-state index in [-0.39, 0.29) is 5.91 Å². The molecular weight excluding hydrogens is 200 g/mol. The van der Waals surface area contributed by atoms with Gasteiger partial charge in [-0.2, -0.15) is 0 Å². The zero-order valence-corrected chi connectivity index (χ0v) is 9.07. The number of hydrogen-bond donors (Lipinski definition) is 1. The zero-order chi connectivity index (χ0) is 11.0. The van der Waals surface area contributed by atoms with Gasteiger partial charge in [-0.05, 0) is 37.5 Å². The van der Waals surface area contributed by atoms with E-state index in [4.69, 9.17) is 0 Å². The van der Waals surface area contributed by atoms with E-state index < -0.39 is 0 Å². The molecule has 2 aliphatic heterocycles. The van der Waals surface area contributed by atoms with Crippen molar-refractivity contribution in [2.45, 2.75) is 19.3 Å². The quantitative estimate of drug-likeness (QED) is 0.720. The molecule has 0 spiro atoms. The van der Waals surface area contributed by atoms with Crippen LogP contribution >= 0.6 is 0 Å². The lowest BCUT2D eigenvalue weighted by Crippen LogP contribution is -2.38. The molecular formula is C13H14N2O. The largest absolute Gasteiger partial charge is 0.341 e. The molecule has 1 aromatic carbocycles. The highest BCUT2D eigenvalue weighted by molar-refractivity contribution is 6.03. The first-order chi connectivity index (χ1) is 7.86. The Labute approximate surface area is 94.8 Å². The fourth-order valence-electron chi connectivity index (χ4n) is 2.28. The number of fused-ring (bicyclic) bond motifs is 2. The second kappa shape index (κ2) is 3.67. The van der Waals surface area contributed by atoms with Crippen molar-refractivity contribution in [2.75, 3.05) is 11.9 Å². The number of carbonyl (C=O) groups excluding carboxylic acids is 1. The lowest BCUT2D eigenvalue weighted by Gasteiger charge is -2.31. The third kappa shape index (κ3) is 1.40.